The van der Waals surface area contributed by atoms with Crippen molar-refractivity contribution in [1.82, 2.24) is 19.9 Å². The summed E-state index contributed by atoms with van der Waals surface area (Å²) in [6, 6.07) is 0. The van der Waals surface area contributed by atoms with Crippen molar-refractivity contribution in [3.8, 4) is 0 Å². The Morgan fingerprint density at radius 3 is 1.44 bits per heavy atom. The van der Waals surface area contributed by atoms with Gasteiger partial charge in [-0.3, -0.25) is 55.1 Å². The molecule has 18 nitrogen and oxygen atoms in total. The van der Waals surface area contributed by atoms with Crippen LogP contribution < -0.4 is 16.8 Å². The number of amides is 1. The van der Waals surface area contributed by atoms with Crippen molar-refractivity contribution in [2.24, 2.45) is 0 Å². The van der Waals surface area contributed by atoms with E-state index >= 15 is 0 Å². The molecule has 258 valence electrons. The zero-order chi connectivity index (χ0) is 37.8. The minimum Gasteiger partial charge on any atom is -0.400 e. The SMILES string of the molecule is CO.Nc1c(Cl)cncc1[N+](=O)[O-].Nc1c(Cl)cncc1[N+](=O)[O-].O=C1Cc2c(Cl)cncc2N1.O=[N+]([O-])c1cncc(Cl)c1Cl.[2H]CI. The number of pyridine rings is 4. The molecule has 24 heteroatoms. The molecule has 0 bridgehead atoms. The van der Waals surface area contributed by atoms with E-state index in [1.165, 1.54) is 18.6 Å². The fraction of sp³-hybridized carbons (Fsp3) is 0.125. The number of carbonyl (C=O) groups is 1. The van der Waals surface area contributed by atoms with Crippen molar-refractivity contribution in [3.63, 3.8) is 0 Å². The van der Waals surface area contributed by atoms with E-state index in [-0.39, 0.29) is 54.4 Å². The van der Waals surface area contributed by atoms with E-state index in [0.29, 0.717) is 16.3 Å². The van der Waals surface area contributed by atoms with Crippen LogP contribution in [0.2, 0.25) is 25.1 Å². The lowest BCUT2D eigenvalue weighted by Crippen LogP contribution is -2.03. The third-order valence-electron chi connectivity index (χ3n) is 4.86. The van der Waals surface area contributed by atoms with Gasteiger partial charge in [0, 0.05) is 38.8 Å². The lowest BCUT2D eigenvalue weighted by Gasteiger charge is -1.96. The van der Waals surface area contributed by atoms with Crippen molar-refractivity contribution < 1.29 is 26.0 Å². The first kappa shape index (κ1) is 42.0. The van der Waals surface area contributed by atoms with Crippen molar-refractivity contribution >= 4 is 121 Å². The van der Waals surface area contributed by atoms with Crippen LogP contribution in [0, 0.1) is 30.3 Å². The lowest BCUT2D eigenvalue weighted by molar-refractivity contribution is -0.385. The maximum Gasteiger partial charge on any atom is 0.311 e. The monoisotopic (exact) mass is 881 g/mol. The van der Waals surface area contributed by atoms with Gasteiger partial charge in [-0.15, -0.1) is 0 Å². The summed E-state index contributed by atoms with van der Waals surface area (Å²) < 4.78 is 6.20. The number of alkyl halides is 1. The smallest absolute Gasteiger partial charge is 0.311 e. The minimum absolute atomic E-state index is 0.0186. The molecule has 0 saturated carbocycles. The third kappa shape index (κ3) is 13.6. The van der Waals surface area contributed by atoms with E-state index in [4.69, 9.17) is 75.9 Å². The fourth-order valence-corrected chi connectivity index (χ4v) is 3.65. The van der Waals surface area contributed by atoms with E-state index in [1.807, 2.05) is 22.6 Å². The van der Waals surface area contributed by atoms with Crippen molar-refractivity contribution in [1.29, 1.82) is 0 Å². The molecule has 0 spiro atoms. The maximum atomic E-state index is 10.9. The Morgan fingerprint density at radius 2 is 1.08 bits per heavy atom. The number of aliphatic hydroxyl groups excluding tert-OH is 1. The molecule has 4 aromatic rings. The van der Waals surface area contributed by atoms with E-state index in [0.717, 1.165) is 37.0 Å². The Balaban J connectivity index is 0.000000600. The van der Waals surface area contributed by atoms with Crippen LogP contribution in [0.5, 0.6) is 0 Å². The molecular weight excluding hydrogens is 860 g/mol. The average molecular weight is 884 g/mol. The Labute approximate surface area is 310 Å². The number of fused-ring (bicyclic) bond motifs is 1. The predicted octanol–water partition coefficient (Wildman–Crippen LogP) is 6.64. The summed E-state index contributed by atoms with van der Waals surface area (Å²) >= 11 is 29.6. The van der Waals surface area contributed by atoms with Gasteiger partial charge in [0.25, 0.3) is 0 Å². The Kier molecular flexibility index (Phi) is 19.8. The van der Waals surface area contributed by atoms with Crippen molar-refractivity contribution in [2.45, 2.75) is 6.42 Å². The quantitative estimate of drug-likeness (QED) is 0.0727. The number of nitrogens with two attached hydrogens (primary N) is 2. The normalized spacial score (nSPS) is 10.4. The highest BCUT2D eigenvalue weighted by atomic mass is 127. The van der Waals surface area contributed by atoms with Crippen LogP contribution in [-0.2, 0) is 11.2 Å². The topological polar surface area (TPSA) is 282 Å². The van der Waals surface area contributed by atoms with Crippen LogP contribution in [0.4, 0.5) is 34.1 Å². The number of aliphatic hydroxyl groups is 1. The molecular formula is C24H22Cl5IN10O8. The molecule has 0 aromatic carbocycles. The molecule has 0 saturated heterocycles. The van der Waals surface area contributed by atoms with Gasteiger partial charge in [-0.05, 0) is 4.91 Å². The van der Waals surface area contributed by atoms with Crippen molar-refractivity contribution in [2.75, 3.05) is 28.8 Å². The number of nitrogens with zero attached hydrogens (tertiary/aromatic N) is 7. The number of nitrogens with one attached hydrogen (secondary N) is 1. The second-order valence-electron chi connectivity index (χ2n) is 7.71. The van der Waals surface area contributed by atoms with Gasteiger partial charge in [0.15, 0.2) is 0 Å². The molecule has 6 N–H and O–H groups in total. The van der Waals surface area contributed by atoms with Gasteiger partial charge in [0.1, 0.15) is 35.0 Å². The number of aromatic nitrogens is 4. The van der Waals surface area contributed by atoms with Crippen LogP contribution in [0.15, 0.2) is 49.6 Å². The van der Waals surface area contributed by atoms with Gasteiger partial charge < -0.3 is 21.9 Å². The average Bonchev–Trinajstić information content (AvgIpc) is 3.45. The van der Waals surface area contributed by atoms with E-state index in [2.05, 4.69) is 25.3 Å². The molecule has 0 unspecified atom stereocenters. The molecule has 0 aliphatic carbocycles. The fourth-order valence-electron chi connectivity index (χ4n) is 2.80. The molecule has 1 aliphatic rings. The van der Waals surface area contributed by atoms with E-state index in [9.17, 15) is 35.1 Å². The zero-order valence-corrected chi connectivity index (χ0v) is 29.8. The van der Waals surface area contributed by atoms with Crippen LogP contribution in [0.25, 0.3) is 0 Å². The van der Waals surface area contributed by atoms with Gasteiger partial charge in [0.2, 0.25) is 5.91 Å². The van der Waals surface area contributed by atoms with Crippen molar-refractivity contribution in [3.05, 3.63) is 111 Å². The van der Waals surface area contributed by atoms with Crippen LogP contribution >= 0.6 is 80.6 Å². The summed E-state index contributed by atoms with van der Waals surface area (Å²) in [5, 5.41) is 41.0. The molecule has 48 heavy (non-hydrogen) atoms. The molecule has 0 radical (unpaired) electrons. The number of hydrogen-bond donors (Lipinski definition) is 4. The van der Waals surface area contributed by atoms with Crippen LogP contribution in [0.3, 0.4) is 0 Å². The maximum absolute atomic E-state index is 10.9. The summed E-state index contributed by atoms with van der Waals surface area (Å²) in [4.78, 5) is 54.4. The van der Waals surface area contributed by atoms with Gasteiger partial charge >= 0.3 is 17.1 Å². The molecule has 5 heterocycles. The molecule has 5 rings (SSSR count). The second-order valence-corrected chi connectivity index (χ2v) is 9.71. The Hall–Kier alpha value is -3.99. The van der Waals surface area contributed by atoms with E-state index < -0.39 is 14.8 Å². The molecule has 0 atom stereocenters. The van der Waals surface area contributed by atoms with Gasteiger partial charge in [-0.2, -0.15) is 0 Å². The summed E-state index contributed by atoms with van der Waals surface area (Å²) in [6.45, 7) is 0. The summed E-state index contributed by atoms with van der Waals surface area (Å²) in [7, 11) is 1.00. The highest BCUT2D eigenvalue weighted by Crippen LogP contribution is 2.30. The predicted molar refractivity (Wildman–Crippen MR) is 191 cm³/mol. The Bertz CT molecular complexity index is 1620. The summed E-state index contributed by atoms with van der Waals surface area (Å²) in [5.41, 5.74) is 11.2. The van der Waals surface area contributed by atoms with E-state index in [1.54, 1.807) is 12.4 Å². The number of anilines is 3. The number of hydrogen-bond acceptors (Lipinski definition) is 14. The second kappa shape index (κ2) is 22.6. The van der Waals surface area contributed by atoms with Gasteiger partial charge in [0.05, 0.1) is 53.2 Å². The zero-order valence-electron chi connectivity index (χ0n) is 24.9. The molecule has 1 aliphatic heterocycles. The highest BCUT2D eigenvalue weighted by molar-refractivity contribution is 14.1. The molecule has 0 fully saturated rings. The number of carbonyl (C=O) groups excluding carboxylic acids is 1. The van der Waals surface area contributed by atoms with Crippen LogP contribution in [-0.4, -0.2) is 57.7 Å². The van der Waals surface area contributed by atoms with Gasteiger partial charge in [-0.1, -0.05) is 80.6 Å². The summed E-state index contributed by atoms with van der Waals surface area (Å²) in [5.74, 6) is -0.0186. The van der Waals surface area contributed by atoms with Gasteiger partial charge in [-0.25, -0.2) is 0 Å². The first-order valence-electron chi connectivity index (χ1n) is 12.5. The standard InChI is InChI=1S/C7H5ClN2O.C5H2Cl2N2O2.2C5H4ClN3O2.CH3I.CH4O/c8-5-2-9-3-6-4(5)1-7(11)10-6;3*6-3-1-8-2-4(5(3)7)9(10)11;2*1-2/h2-3H,1H2,(H,10,11);1-2H;2*1-2H,(H2,7,8);1H3;2H,1H3/i;;;;1D;. The number of halogens is 6. The van der Waals surface area contributed by atoms with Crippen LogP contribution in [0.1, 0.15) is 6.93 Å². The number of rotatable bonds is 3. The largest absolute Gasteiger partial charge is 0.400 e. The third-order valence-corrected chi connectivity index (χ3v) is 6.57. The lowest BCUT2D eigenvalue weighted by atomic mass is 10.2. The first-order valence-corrected chi connectivity index (χ1v) is 15.2. The Morgan fingerprint density at radius 1 is 0.729 bits per heavy atom. The first-order chi connectivity index (χ1) is 23.1. The number of nitro groups is 3. The number of nitrogen functional groups attached to an aromatic ring is 2. The minimum atomic E-state index is -0.638. The molecule has 4 aromatic heterocycles. The highest BCUT2D eigenvalue weighted by Gasteiger charge is 2.20. The molecule has 1 amide bonds. The summed E-state index contributed by atoms with van der Waals surface area (Å²) in [6.07, 6.45) is 10.4.